The number of hydrogen-bond acceptors (Lipinski definition) is 4. The summed E-state index contributed by atoms with van der Waals surface area (Å²) in [5.41, 5.74) is 3.06. The van der Waals surface area contributed by atoms with Crippen molar-refractivity contribution in [3.63, 3.8) is 0 Å². The maximum atomic E-state index is 12.7. The summed E-state index contributed by atoms with van der Waals surface area (Å²) in [4.78, 5) is 39.5. The predicted molar refractivity (Wildman–Crippen MR) is 103 cm³/mol. The van der Waals surface area contributed by atoms with Crippen molar-refractivity contribution in [1.29, 1.82) is 0 Å². The molecular formula is C21H21N3O3. The Morgan fingerprint density at radius 3 is 2.22 bits per heavy atom. The van der Waals surface area contributed by atoms with Crippen molar-refractivity contribution >= 4 is 29.0 Å². The minimum Gasteiger partial charge on any atom is -0.365 e. The number of benzene rings is 2. The second-order valence-electron chi connectivity index (χ2n) is 6.49. The zero-order valence-electron chi connectivity index (χ0n) is 15.5. The first-order valence-electron chi connectivity index (χ1n) is 8.58. The molecule has 3 amide bonds. The third kappa shape index (κ3) is 3.74. The van der Waals surface area contributed by atoms with Crippen LogP contribution in [-0.2, 0) is 20.9 Å². The number of hydrogen-bond donors (Lipinski definition) is 1. The highest BCUT2D eigenvalue weighted by Gasteiger charge is 2.38. The fourth-order valence-corrected chi connectivity index (χ4v) is 3.10. The Morgan fingerprint density at radius 1 is 1.00 bits per heavy atom. The largest absolute Gasteiger partial charge is 0.365 e. The molecule has 1 N–H and O–H groups in total. The average Bonchev–Trinajstić information content (AvgIpc) is 2.87. The Balaban J connectivity index is 1.98. The SMILES string of the molecule is CC(=O)Nc1ccc(C2=C(N(C)Cc3ccccc3)C(=O)N(C)C2=O)cc1. The lowest BCUT2D eigenvalue weighted by Crippen LogP contribution is -2.30. The first-order valence-corrected chi connectivity index (χ1v) is 8.58. The molecule has 0 saturated carbocycles. The molecule has 0 saturated heterocycles. The second-order valence-corrected chi connectivity index (χ2v) is 6.49. The van der Waals surface area contributed by atoms with Gasteiger partial charge in [-0.1, -0.05) is 42.5 Å². The second kappa shape index (κ2) is 7.45. The summed E-state index contributed by atoms with van der Waals surface area (Å²) in [5, 5.41) is 2.69. The normalized spacial score (nSPS) is 14.0. The Kier molecular flexibility index (Phi) is 5.07. The maximum Gasteiger partial charge on any atom is 0.277 e. The Morgan fingerprint density at radius 2 is 1.63 bits per heavy atom. The maximum absolute atomic E-state index is 12.7. The first-order chi connectivity index (χ1) is 12.9. The quantitative estimate of drug-likeness (QED) is 0.829. The number of nitrogens with zero attached hydrogens (tertiary/aromatic N) is 2. The highest BCUT2D eigenvalue weighted by atomic mass is 16.2. The van der Waals surface area contributed by atoms with Crippen LogP contribution in [0.4, 0.5) is 5.69 Å². The standard InChI is InChI=1S/C21H21N3O3/c1-14(25)22-17-11-9-16(10-12-17)18-19(21(27)24(3)20(18)26)23(2)13-15-7-5-4-6-8-15/h4-12H,13H2,1-3H3,(H,22,25). The van der Waals surface area contributed by atoms with Crippen molar-refractivity contribution < 1.29 is 14.4 Å². The van der Waals surface area contributed by atoms with E-state index in [1.807, 2.05) is 30.3 Å². The average molecular weight is 363 g/mol. The van der Waals surface area contributed by atoms with Gasteiger partial charge in [0.2, 0.25) is 5.91 Å². The van der Waals surface area contributed by atoms with Gasteiger partial charge in [0.25, 0.3) is 11.8 Å². The first kappa shape index (κ1) is 18.4. The fraction of sp³-hybridized carbons (Fsp3) is 0.190. The lowest BCUT2D eigenvalue weighted by Gasteiger charge is -2.21. The Bertz CT molecular complexity index is 917. The zero-order valence-corrected chi connectivity index (χ0v) is 15.5. The molecule has 2 aromatic rings. The summed E-state index contributed by atoms with van der Waals surface area (Å²) in [6.07, 6.45) is 0. The van der Waals surface area contributed by atoms with E-state index in [2.05, 4.69) is 5.32 Å². The number of carbonyl (C=O) groups is 3. The van der Waals surface area contributed by atoms with Gasteiger partial charge in [0.1, 0.15) is 5.70 Å². The van der Waals surface area contributed by atoms with Gasteiger partial charge in [0.05, 0.1) is 5.57 Å². The van der Waals surface area contributed by atoms with Crippen molar-refractivity contribution in [3.8, 4) is 0 Å². The summed E-state index contributed by atoms with van der Waals surface area (Å²) >= 11 is 0. The van der Waals surface area contributed by atoms with E-state index in [0.29, 0.717) is 29.1 Å². The molecule has 1 aliphatic rings. The van der Waals surface area contributed by atoms with Crippen molar-refractivity contribution in [2.24, 2.45) is 0 Å². The molecular weight excluding hydrogens is 342 g/mol. The summed E-state index contributed by atoms with van der Waals surface area (Å²) < 4.78 is 0. The van der Waals surface area contributed by atoms with Crippen LogP contribution in [0.5, 0.6) is 0 Å². The molecule has 0 atom stereocenters. The van der Waals surface area contributed by atoms with Crippen LogP contribution in [0.25, 0.3) is 5.57 Å². The van der Waals surface area contributed by atoms with Crippen molar-refractivity contribution in [2.75, 3.05) is 19.4 Å². The minimum absolute atomic E-state index is 0.169. The monoisotopic (exact) mass is 363 g/mol. The van der Waals surface area contributed by atoms with Crippen LogP contribution in [0.1, 0.15) is 18.1 Å². The van der Waals surface area contributed by atoms with Gasteiger partial charge in [-0.15, -0.1) is 0 Å². The molecule has 27 heavy (non-hydrogen) atoms. The molecule has 0 fully saturated rings. The summed E-state index contributed by atoms with van der Waals surface area (Å²) in [7, 11) is 3.29. The van der Waals surface area contributed by atoms with Gasteiger partial charge in [0.15, 0.2) is 0 Å². The van der Waals surface area contributed by atoms with Crippen LogP contribution in [0.2, 0.25) is 0 Å². The van der Waals surface area contributed by atoms with E-state index in [-0.39, 0.29) is 17.7 Å². The summed E-state index contributed by atoms with van der Waals surface area (Å²) in [6, 6.07) is 16.7. The molecule has 0 spiro atoms. The van der Waals surface area contributed by atoms with E-state index in [4.69, 9.17) is 0 Å². The zero-order chi connectivity index (χ0) is 19.6. The number of likely N-dealkylation sites (N-methyl/N-ethyl adjacent to an activating group) is 2. The highest BCUT2D eigenvalue weighted by Crippen LogP contribution is 2.31. The summed E-state index contributed by atoms with van der Waals surface area (Å²) in [5.74, 6) is -0.821. The van der Waals surface area contributed by atoms with E-state index in [1.165, 1.54) is 14.0 Å². The molecule has 0 aliphatic carbocycles. The van der Waals surface area contributed by atoms with E-state index < -0.39 is 0 Å². The van der Waals surface area contributed by atoms with E-state index in [9.17, 15) is 14.4 Å². The van der Waals surface area contributed by atoms with Crippen molar-refractivity contribution in [3.05, 3.63) is 71.4 Å². The Hall–Kier alpha value is -3.41. The molecule has 6 nitrogen and oxygen atoms in total. The smallest absolute Gasteiger partial charge is 0.277 e. The molecule has 2 aromatic carbocycles. The molecule has 6 heteroatoms. The lowest BCUT2D eigenvalue weighted by molar-refractivity contribution is -0.135. The van der Waals surface area contributed by atoms with Crippen LogP contribution < -0.4 is 5.32 Å². The highest BCUT2D eigenvalue weighted by molar-refractivity contribution is 6.35. The third-order valence-corrected chi connectivity index (χ3v) is 4.40. The van der Waals surface area contributed by atoms with Gasteiger partial charge in [-0.25, -0.2) is 0 Å². The number of rotatable bonds is 5. The number of carbonyl (C=O) groups excluding carboxylic acids is 3. The molecule has 3 rings (SSSR count). The van der Waals surface area contributed by atoms with Gasteiger partial charge >= 0.3 is 0 Å². The van der Waals surface area contributed by atoms with Crippen LogP contribution in [0, 0.1) is 0 Å². The van der Waals surface area contributed by atoms with Gasteiger partial charge in [-0.3, -0.25) is 19.3 Å². The van der Waals surface area contributed by atoms with E-state index in [1.54, 1.807) is 36.2 Å². The Labute approximate surface area is 158 Å². The predicted octanol–water partition coefficient (Wildman–Crippen LogP) is 2.49. The third-order valence-electron chi connectivity index (χ3n) is 4.40. The van der Waals surface area contributed by atoms with Crippen LogP contribution in [0.3, 0.4) is 0 Å². The van der Waals surface area contributed by atoms with Gasteiger partial charge in [0, 0.05) is 33.3 Å². The van der Waals surface area contributed by atoms with Gasteiger partial charge in [-0.2, -0.15) is 0 Å². The summed E-state index contributed by atoms with van der Waals surface area (Å²) in [6.45, 7) is 1.94. The van der Waals surface area contributed by atoms with E-state index in [0.717, 1.165) is 10.5 Å². The molecule has 1 aliphatic heterocycles. The van der Waals surface area contributed by atoms with Crippen LogP contribution >= 0.6 is 0 Å². The molecule has 0 bridgehead atoms. The lowest BCUT2D eigenvalue weighted by atomic mass is 10.0. The number of imide groups is 1. The molecule has 0 unspecified atom stereocenters. The molecule has 138 valence electrons. The fourth-order valence-electron chi connectivity index (χ4n) is 3.10. The number of nitrogens with one attached hydrogen (secondary N) is 1. The topological polar surface area (TPSA) is 69.7 Å². The van der Waals surface area contributed by atoms with Crippen LogP contribution in [-0.4, -0.2) is 41.6 Å². The number of amides is 3. The molecule has 1 heterocycles. The number of anilines is 1. The van der Waals surface area contributed by atoms with E-state index >= 15 is 0 Å². The minimum atomic E-state index is -0.331. The van der Waals surface area contributed by atoms with Gasteiger partial charge in [-0.05, 0) is 23.3 Å². The molecule has 0 aromatic heterocycles. The van der Waals surface area contributed by atoms with Crippen molar-refractivity contribution in [2.45, 2.75) is 13.5 Å². The molecule has 0 radical (unpaired) electrons. The van der Waals surface area contributed by atoms with Crippen LogP contribution in [0.15, 0.2) is 60.3 Å². The van der Waals surface area contributed by atoms with Gasteiger partial charge < -0.3 is 10.2 Å². The van der Waals surface area contributed by atoms with Crippen molar-refractivity contribution in [1.82, 2.24) is 9.80 Å².